The minimum Gasteiger partial charge on any atom is -0.338 e. The third-order valence-electron chi connectivity index (χ3n) is 5.79. The standard InChI is InChI=1S/C22H29N3O/c1-14-9-15(2)21-18(10-14)19(11-20(24-21)17-6-7-17)22(26)25-8-4-5-16(13-25)12-23-3/h9-11,16-17,23H,4-8,12-13H2,1-3H3. The van der Waals surface area contributed by atoms with Gasteiger partial charge in [-0.15, -0.1) is 0 Å². The fourth-order valence-electron chi connectivity index (χ4n) is 4.34. The molecule has 26 heavy (non-hydrogen) atoms. The maximum absolute atomic E-state index is 13.5. The first kappa shape index (κ1) is 17.5. The second-order valence-corrected chi connectivity index (χ2v) is 8.16. The van der Waals surface area contributed by atoms with Crippen molar-refractivity contribution in [3.05, 3.63) is 40.6 Å². The molecule has 4 nitrogen and oxygen atoms in total. The molecule has 138 valence electrons. The Morgan fingerprint density at radius 3 is 2.77 bits per heavy atom. The van der Waals surface area contributed by atoms with Gasteiger partial charge < -0.3 is 10.2 Å². The van der Waals surface area contributed by atoms with Gasteiger partial charge in [0.25, 0.3) is 5.91 Å². The summed E-state index contributed by atoms with van der Waals surface area (Å²) >= 11 is 0. The Morgan fingerprint density at radius 2 is 2.04 bits per heavy atom. The monoisotopic (exact) mass is 351 g/mol. The molecule has 0 spiro atoms. The van der Waals surface area contributed by atoms with Crippen molar-refractivity contribution < 1.29 is 4.79 Å². The third-order valence-corrected chi connectivity index (χ3v) is 5.79. The molecule has 2 aromatic rings. The summed E-state index contributed by atoms with van der Waals surface area (Å²) in [6, 6.07) is 6.39. The normalized spacial score (nSPS) is 20.6. The molecule has 4 rings (SSSR count). The third kappa shape index (κ3) is 3.35. The van der Waals surface area contributed by atoms with Crippen molar-refractivity contribution in [2.45, 2.75) is 45.4 Å². The second kappa shape index (κ2) is 6.99. The Kier molecular flexibility index (Phi) is 4.70. The summed E-state index contributed by atoms with van der Waals surface area (Å²) in [6.07, 6.45) is 4.69. The lowest BCUT2D eigenvalue weighted by Gasteiger charge is -2.33. The van der Waals surface area contributed by atoms with E-state index in [0.717, 1.165) is 48.2 Å². The Bertz CT molecular complexity index is 839. The summed E-state index contributed by atoms with van der Waals surface area (Å²) in [6.45, 7) is 6.91. The molecule has 1 aromatic carbocycles. The van der Waals surface area contributed by atoms with E-state index in [2.05, 4.69) is 42.3 Å². The number of pyridine rings is 1. The van der Waals surface area contributed by atoms with Crippen LogP contribution in [0.2, 0.25) is 0 Å². The summed E-state index contributed by atoms with van der Waals surface area (Å²) in [5, 5.41) is 4.29. The predicted octanol–water partition coefficient (Wildman–Crippen LogP) is 3.80. The van der Waals surface area contributed by atoms with Crippen molar-refractivity contribution >= 4 is 16.8 Å². The van der Waals surface area contributed by atoms with Gasteiger partial charge >= 0.3 is 0 Å². The van der Waals surface area contributed by atoms with E-state index in [0.29, 0.717) is 11.8 Å². The maximum Gasteiger partial charge on any atom is 0.254 e. The minimum atomic E-state index is 0.185. The van der Waals surface area contributed by atoms with Crippen LogP contribution >= 0.6 is 0 Å². The number of benzene rings is 1. The number of piperidine rings is 1. The summed E-state index contributed by atoms with van der Waals surface area (Å²) in [5.41, 5.74) is 5.33. The van der Waals surface area contributed by atoms with Crippen molar-refractivity contribution in [1.29, 1.82) is 0 Å². The van der Waals surface area contributed by atoms with Crippen molar-refractivity contribution in [3.8, 4) is 0 Å². The number of hydrogen-bond donors (Lipinski definition) is 1. The van der Waals surface area contributed by atoms with Gasteiger partial charge in [-0.3, -0.25) is 9.78 Å². The molecule has 1 aliphatic carbocycles. The number of nitrogens with one attached hydrogen (secondary N) is 1. The van der Waals surface area contributed by atoms with Crippen LogP contribution in [0.1, 0.15) is 58.8 Å². The number of aryl methyl sites for hydroxylation is 2. The van der Waals surface area contributed by atoms with Gasteiger partial charge in [-0.2, -0.15) is 0 Å². The first-order valence-electron chi connectivity index (χ1n) is 9.92. The second-order valence-electron chi connectivity index (χ2n) is 8.16. The summed E-state index contributed by atoms with van der Waals surface area (Å²) in [4.78, 5) is 20.5. The fraction of sp³-hybridized carbons (Fsp3) is 0.545. The van der Waals surface area contributed by atoms with Crippen LogP contribution in [0.4, 0.5) is 0 Å². The molecule has 1 aliphatic heterocycles. The topological polar surface area (TPSA) is 45.2 Å². The molecule has 1 N–H and O–H groups in total. The number of carbonyl (C=O) groups excluding carboxylic acids is 1. The van der Waals surface area contributed by atoms with Crippen LogP contribution in [0.25, 0.3) is 10.9 Å². The van der Waals surface area contributed by atoms with Crippen molar-refractivity contribution in [2.75, 3.05) is 26.7 Å². The fourth-order valence-corrected chi connectivity index (χ4v) is 4.34. The van der Waals surface area contributed by atoms with Crippen molar-refractivity contribution in [3.63, 3.8) is 0 Å². The highest BCUT2D eigenvalue weighted by atomic mass is 16.2. The van der Waals surface area contributed by atoms with Gasteiger partial charge in [0.2, 0.25) is 0 Å². The Labute approximate surface area is 156 Å². The molecule has 1 unspecified atom stereocenters. The zero-order chi connectivity index (χ0) is 18.3. The van der Waals surface area contributed by atoms with Gasteiger partial charge in [0.05, 0.1) is 11.1 Å². The van der Waals surface area contributed by atoms with Crippen LogP contribution in [0.15, 0.2) is 18.2 Å². The number of rotatable bonds is 4. The zero-order valence-corrected chi connectivity index (χ0v) is 16.1. The van der Waals surface area contributed by atoms with Crippen LogP contribution in [0.5, 0.6) is 0 Å². The van der Waals surface area contributed by atoms with Crippen LogP contribution in [-0.2, 0) is 0 Å². The SMILES string of the molecule is CNCC1CCCN(C(=O)c2cc(C3CC3)nc3c(C)cc(C)cc23)C1. The molecule has 2 aliphatic rings. The zero-order valence-electron chi connectivity index (χ0n) is 16.1. The van der Waals surface area contributed by atoms with E-state index in [1.165, 1.54) is 30.4 Å². The molecule has 1 aromatic heterocycles. The number of fused-ring (bicyclic) bond motifs is 1. The maximum atomic E-state index is 13.5. The number of amides is 1. The molecule has 1 amide bonds. The number of aromatic nitrogens is 1. The molecular weight excluding hydrogens is 322 g/mol. The first-order chi connectivity index (χ1) is 12.6. The number of carbonyl (C=O) groups is 1. The predicted molar refractivity (Wildman–Crippen MR) is 106 cm³/mol. The van der Waals surface area contributed by atoms with Crippen LogP contribution < -0.4 is 5.32 Å². The molecular formula is C22H29N3O. The Morgan fingerprint density at radius 1 is 1.23 bits per heavy atom. The van der Waals surface area contributed by atoms with E-state index in [1.54, 1.807) is 0 Å². The van der Waals surface area contributed by atoms with Gasteiger partial charge in [-0.05, 0) is 76.7 Å². The lowest BCUT2D eigenvalue weighted by molar-refractivity contribution is 0.0676. The minimum absolute atomic E-state index is 0.185. The van der Waals surface area contributed by atoms with Gasteiger partial charge in [0.1, 0.15) is 0 Å². The Balaban J connectivity index is 1.75. The largest absolute Gasteiger partial charge is 0.338 e. The highest BCUT2D eigenvalue weighted by Crippen LogP contribution is 2.41. The van der Waals surface area contributed by atoms with E-state index < -0.39 is 0 Å². The quantitative estimate of drug-likeness (QED) is 0.911. The molecule has 1 saturated carbocycles. The van der Waals surface area contributed by atoms with Crippen LogP contribution in [0.3, 0.4) is 0 Å². The lowest BCUT2D eigenvalue weighted by Crippen LogP contribution is -2.42. The highest BCUT2D eigenvalue weighted by molar-refractivity contribution is 6.07. The number of nitrogens with zero attached hydrogens (tertiary/aromatic N) is 2. The van der Waals surface area contributed by atoms with Crippen molar-refractivity contribution in [2.24, 2.45) is 5.92 Å². The van der Waals surface area contributed by atoms with E-state index in [4.69, 9.17) is 4.98 Å². The lowest BCUT2D eigenvalue weighted by atomic mass is 9.95. The van der Waals surface area contributed by atoms with Crippen LogP contribution in [0, 0.1) is 19.8 Å². The molecule has 2 heterocycles. The summed E-state index contributed by atoms with van der Waals surface area (Å²) in [7, 11) is 1.99. The average molecular weight is 351 g/mol. The van der Waals surface area contributed by atoms with Gasteiger partial charge in [-0.25, -0.2) is 0 Å². The molecule has 1 saturated heterocycles. The highest BCUT2D eigenvalue weighted by Gasteiger charge is 2.30. The molecule has 0 radical (unpaired) electrons. The average Bonchev–Trinajstić information content (AvgIpc) is 3.46. The van der Waals surface area contributed by atoms with Gasteiger partial charge in [-0.1, -0.05) is 11.6 Å². The van der Waals surface area contributed by atoms with Crippen LogP contribution in [-0.4, -0.2) is 42.5 Å². The Hall–Kier alpha value is -1.94. The molecule has 0 bridgehead atoms. The molecule has 4 heteroatoms. The summed E-state index contributed by atoms with van der Waals surface area (Å²) in [5.74, 6) is 1.28. The van der Waals surface area contributed by atoms with E-state index in [1.807, 2.05) is 7.05 Å². The van der Waals surface area contributed by atoms with Crippen molar-refractivity contribution in [1.82, 2.24) is 15.2 Å². The summed E-state index contributed by atoms with van der Waals surface area (Å²) < 4.78 is 0. The smallest absolute Gasteiger partial charge is 0.254 e. The number of likely N-dealkylation sites (tertiary alicyclic amines) is 1. The molecule has 1 atom stereocenters. The van der Waals surface area contributed by atoms with Gasteiger partial charge in [0.15, 0.2) is 0 Å². The van der Waals surface area contributed by atoms with E-state index in [9.17, 15) is 4.79 Å². The van der Waals surface area contributed by atoms with E-state index >= 15 is 0 Å². The number of hydrogen-bond acceptors (Lipinski definition) is 3. The molecule has 2 fully saturated rings. The van der Waals surface area contributed by atoms with E-state index in [-0.39, 0.29) is 5.91 Å². The first-order valence-corrected chi connectivity index (χ1v) is 9.92. The van der Waals surface area contributed by atoms with Gasteiger partial charge in [0, 0.05) is 30.1 Å².